The van der Waals surface area contributed by atoms with E-state index in [1.54, 1.807) is 6.20 Å². The molecule has 2 heterocycles. The minimum absolute atomic E-state index is 0.0166. The summed E-state index contributed by atoms with van der Waals surface area (Å²) in [5, 5.41) is 0. The van der Waals surface area contributed by atoms with Gasteiger partial charge in [-0.2, -0.15) is 0 Å². The van der Waals surface area contributed by atoms with E-state index in [4.69, 9.17) is 5.73 Å². The molecule has 0 radical (unpaired) electrons. The maximum atomic E-state index is 12.0. The van der Waals surface area contributed by atoms with Crippen LogP contribution in [0.2, 0.25) is 0 Å². The van der Waals surface area contributed by atoms with Gasteiger partial charge in [0.25, 0.3) is 0 Å². The SMILES string of the molecule is Cc1ccc(CNS(=O)(=O)c2cccnc2N)cn1. The quantitative estimate of drug-likeness (QED) is 0.863. The van der Waals surface area contributed by atoms with E-state index in [2.05, 4.69) is 14.7 Å². The van der Waals surface area contributed by atoms with Gasteiger partial charge in [0.05, 0.1) is 0 Å². The van der Waals surface area contributed by atoms with Crippen molar-refractivity contribution in [2.45, 2.75) is 18.4 Å². The molecule has 0 atom stereocenters. The Kier molecular flexibility index (Phi) is 3.77. The van der Waals surface area contributed by atoms with Gasteiger partial charge in [-0.3, -0.25) is 4.98 Å². The van der Waals surface area contributed by atoms with Gasteiger partial charge in [-0.15, -0.1) is 0 Å². The average Bonchev–Trinajstić information content (AvgIpc) is 2.38. The number of rotatable bonds is 4. The van der Waals surface area contributed by atoms with Crippen LogP contribution in [0.4, 0.5) is 5.82 Å². The normalized spacial score (nSPS) is 11.4. The first-order valence-electron chi connectivity index (χ1n) is 5.61. The van der Waals surface area contributed by atoms with E-state index in [0.29, 0.717) is 0 Å². The molecule has 19 heavy (non-hydrogen) atoms. The van der Waals surface area contributed by atoms with Crippen LogP contribution in [-0.4, -0.2) is 18.4 Å². The largest absolute Gasteiger partial charge is 0.383 e. The van der Waals surface area contributed by atoms with Gasteiger partial charge >= 0.3 is 0 Å². The van der Waals surface area contributed by atoms with Crippen molar-refractivity contribution in [3.63, 3.8) is 0 Å². The van der Waals surface area contributed by atoms with E-state index < -0.39 is 10.0 Å². The fourth-order valence-corrected chi connectivity index (χ4v) is 2.59. The van der Waals surface area contributed by atoms with Crippen LogP contribution in [-0.2, 0) is 16.6 Å². The van der Waals surface area contributed by atoms with Crippen LogP contribution in [0.3, 0.4) is 0 Å². The summed E-state index contributed by atoms with van der Waals surface area (Å²) >= 11 is 0. The smallest absolute Gasteiger partial charge is 0.244 e. The lowest BCUT2D eigenvalue weighted by atomic mass is 10.2. The van der Waals surface area contributed by atoms with Crippen molar-refractivity contribution < 1.29 is 8.42 Å². The highest BCUT2D eigenvalue weighted by atomic mass is 32.2. The number of nitrogens with two attached hydrogens (primary N) is 1. The lowest BCUT2D eigenvalue weighted by molar-refractivity contribution is 0.581. The van der Waals surface area contributed by atoms with Gasteiger partial charge < -0.3 is 5.73 Å². The molecule has 0 spiro atoms. The molecule has 0 aliphatic heterocycles. The molecule has 0 aliphatic rings. The molecular weight excluding hydrogens is 264 g/mol. The van der Waals surface area contributed by atoms with E-state index in [9.17, 15) is 8.42 Å². The van der Waals surface area contributed by atoms with E-state index >= 15 is 0 Å². The molecular formula is C12H14N4O2S. The number of sulfonamides is 1. The number of nitrogens with one attached hydrogen (secondary N) is 1. The van der Waals surface area contributed by atoms with Gasteiger partial charge in [0, 0.05) is 24.6 Å². The van der Waals surface area contributed by atoms with E-state index in [-0.39, 0.29) is 17.3 Å². The lowest BCUT2D eigenvalue weighted by Crippen LogP contribution is -2.24. The number of pyridine rings is 2. The van der Waals surface area contributed by atoms with Crippen molar-refractivity contribution >= 4 is 15.8 Å². The Morgan fingerprint density at radius 1 is 1.26 bits per heavy atom. The van der Waals surface area contributed by atoms with Crippen LogP contribution < -0.4 is 10.5 Å². The highest BCUT2D eigenvalue weighted by molar-refractivity contribution is 7.89. The van der Waals surface area contributed by atoms with Crippen molar-refractivity contribution in [2.75, 3.05) is 5.73 Å². The van der Waals surface area contributed by atoms with Crippen LogP contribution in [0.15, 0.2) is 41.6 Å². The van der Waals surface area contributed by atoms with Crippen molar-refractivity contribution in [1.82, 2.24) is 14.7 Å². The summed E-state index contributed by atoms with van der Waals surface area (Å²) in [6, 6.07) is 6.58. The summed E-state index contributed by atoms with van der Waals surface area (Å²) in [6.45, 7) is 2.02. The third kappa shape index (κ3) is 3.27. The lowest BCUT2D eigenvalue weighted by Gasteiger charge is -2.08. The Morgan fingerprint density at radius 2 is 2.05 bits per heavy atom. The molecule has 0 fully saturated rings. The molecule has 2 aromatic rings. The molecule has 0 aromatic carbocycles. The van der Waals surface area contributed by atoms with E-state index in [0.717, 1.165) is 11.3 Å². The molecule has 0 saturated heterocycles. The summed E-state index contributed by atoms with van der Waals surface area (Å²) in [5.41, 5.74) is 7.21. The second kappa shape index (κ2) is 5.33. The standard InChI is InChI=1S/C12H14N4O2S/c1-9-4-5-10(7-15-9)8-16-19(17,18)11-3-2-6-14-12(11)13/h2-7,16H,8H2,1H3,(H2,13,14). The summed E-state index contributed by atoms with van der Waals surface area (Å²) in [7, 11) is -3.66. The molecule has 3 N–H and O–H groups in total. The zero-order valence-corrected chi connectivity index (χ0v) is 11.2. The van der Waals surface area contributed by atoms with Gasteiger partial charge in [-0.05, 0) is 30.7 Å². The second-order valence-electron chi connectivity index (χ2n) is 4.02. The summed E-state index contributed by atoms with van der Waals surface area (Å²) < 4.78 is 26.5. The van der Waals surface area contributed by atoms with Gasteiger partial charge in [0.2, 0.25) is 10.0 Å². The third-order valence-corrected chi connectivity index (χ3v) is 3.98. The highest BCUT2D eigenvalue weighted by Gasteiger charge is 2.17. The molecule has 0 saturated carbocycles. The number of nitrogens with zero attached hydrogens (tertiary/aromatic N) is 2. The highest BCUT2D eigenvalue weighted by Crippen LogP contribution is 2.14. The van der Waals surface area contributed by atoms with Crippen molar-refractivity contribution in [3.05, 3.63) is 47.9 Å². The summed E-state index contributed by atoms with van der Waals surface area (Å²) in [5.74, 6) is -0.0166. The maximum Gasteiger partial charge on any atom is 0.244 e. The molecule has 6 nitrogen and oxygen atoms in total. The second-order valence-corrected chi connectivity index (χ2v) is 5.75. The zero-order valence-electron chi connectivity index (χ0n) is 10.4. The minimum atomic E-state index is -3.66. The topological polar surface area (TPSA) is 98.0 Å². The van der Waals surface area contributed by atoms with Gasteiger partial charge in [-0.1, -0.05) is 6.07 Å². The Bertz CT molecular complexity index is 668. The zero-order chi connectivity index (χ0) is 13.9. The van der Waals surface area contributed by atoms with Crippen molar-refractivity contribution in [1.29, 1.82) is 0 Å². The number of aromatic nitrogens is 2. The monoisotopic (exact) mass is 278 g/mol. The molecule has 0 unspecified atom stereocenters. The Balaban J connectivity index is 2.14. The number of hydrogen-bond donors (Lipinski definition) is 2. The minimum Gasteiger partial charge on any atom is -0.383 e. The van der Waals surface area contributed by atoms with Crippen molar-refractivity contribution in [3.8, 4) is 0 Å². The summed E-state index contributed by atoms with van der Waals surface area (Å²) in [6.07, 6.45) is 3.07. The molecule has 0 aliphatic carbocycles. The van der Waals surface area contributed by atoms with Gasteiger partial charge in [-0.25, -0.2) is 18.1 Å². The van der Waals surface area contributed by atoms with E-state index in [1.165, 1.54) is 18.3 Å². The van der Waals surface area contributed by atoms with E-state index in [1.807, 2.05) is 19.1 Å². The third-order valence-electron chi connectivity index (χ3n) is 2.53. The predicted octanol–water partition coefficient (Wildman–Crippen LogP) is 0.846. The molecule has 7 heteroatoms. The van der Waals surface area contributed by atoms with Crippen LogP contribution in [0.5, 0.6) is 0 Å². The number of anilines is 1. The number of aryl methyl sites for hydroxylation is 1. The molecule has 0 amide bonds. The van der Waals surface area contributed by atoms with Crippen LogP contribution in [0.25, 0.3) is 0 Å². The fourth-order valence-electron chi connectivity index (χ4n) is 1.49. The van der Waals surface area contributed by atoms with Crippen molar-refractivity contribution in [2.24, 2.45) is 0 Å². The predicted molar refractivity (Wildman–Crippen MR) is 71.6 cm³/mol. The average molecular weight is 278 g/mol. The Labute approximate surface area is 111 Å². The maximum absolute atomic E-state index is 12.0. The first-order chi connectivity index (χ1) is 8.99. The Hall–Kier alpha value is -1.99. The summed E-state index contributed by atoms with van der Waals surface area (Å²) in [4.78, 5) is 7.84. The molecule has 2 rings (SSSR count). The molecule has 0 bridgehead atoms. The molecule has 100 valence electrons. The first-order valence-corrected chi connectivity index (χ1v) is 7.09. The first kappa shape index (κ1) is 13.4. The van der Waals surface area contributed by atoms with Crippen LogP contribution in [0, 0.1) is 6.92 Å². The van der Waals surface area contributed by atoms with Crippen LogP contribution in [0.1, 0.15) is 11.3 Å². The fraction of sp³-hybridized carbons (Fsp3) is 0.167. The molecule has 2 aromatic heterocycles. The number of nitrogen functional groups attached to an aromatic ring is 1. The van der Waals surface area contributed by atoms with Gasteiger partial charge in [0.15, 0.2) is 0 Å². The van der Waals surface area contributed by atoms with Crippen LogP contribution >= 0.6 is 0 Å². The number of hydrogen-bond acceptors (Lipinski definition) is 5. The Morgan fingerprint density at radius 3 is 2.68 bits per heavy atom. The van der Waals surface area contributed by atoms with Gasteiger partial charge in [0.1, 0.15) is 10.7 Å².